The summed E-state index contributed by atoms with van der Waals surface area (Å²) in [6.07, 6.45) is 4.14. The fraction of sp³-hybridized carbons (Fsp3) is 0.579. The molecule has 0 saturated heterocycles. The Kier molecular flexibility index (Phi) is 8.61. The van der Waals surface area contributed by atoms with Crippen LogP contribution in [0.5, 0.6) is 0 Å². The van der Waals surface area contributed by atoms with E-state index in [0.29, 0.717) is 24.7 Å². The van der Waals surface area contributed by atoms with Crippen LogP contribution >= 0.6 is 0 Å². The van der Waals surface area contributed by atoms with Crippen molar-refractivity contribution in [2.45, 2.75) is 43.9 Å². The number of nitrogens with zero attached hydrogens (tertiary/aromatic N) is 1. The molecular formula is C19H30N4O2S. The van der Waals surface area contributed by atoms with Gasteiger partial charge in [-0.3, -0.25) is 14.0 Å². The number of aliphatic imine (C=N–C) groups is 1. The number of carbonyl (C=O) groups is 1. The zero-order valence-electron chi connectivity index (χ0n) is 15.7. The zero-order valence-corrected chi connectivity index (χ0v) is 16.5. The summed E-state index contributed by atoms with van der Waals surface area (Å²) in [7, 11) is 1.01. The fourth-order valence-corrected chi connectivity index (χ4v) is 4.53. The molecule has 1 aromatic carbocycles. The number of rotatable bonds is 7. The van der Waals surface area contributed by atoms with Gasteiger partial charge >= 0.3 is 0 Å². The molecule has 7 heteroatoms. The third-order valence-electron chi connectivity index (χ3n) is 4.59. The SMILES string of the molecule is CCS(=O)C1CCCC(NC(=NC)NCCNC(=O)c2ccccc2)C1. The molecule has 0 heterocycles. The van der Waals surface area contributed by atoms with Crippen molar-refractivity contribution in [3.05, 3.63) is 35.9 Å². The Bertz CT molecular complexity index is 621. The van der Waals surface area contributed by atoms with E-state index >= 15 is 0 Å². The van der Waals surface area contributed by atoms with Crippen molar-refractivity contribution >= 4 is 22.7 Å². The fourth-order valence-electron chi connectivity index (χ4n) is 3.19. The Labute approximate surface area is 158 Å². The Balaban J connectivity index is 1.71. The molecule has 2 rings (SSSR count). The van der Waals surface area contributed by atoms with Crippen molar-refractivity contribution < 1.29 is 9.00 Å². The minimum absolute atomic E-state index is 0.0764. The smallest absolute Gasteiger partial charge is 0.251 e. The van der Waals surface area contributed by atoms with Crippen LogP contribution in [0.4, 0.5) is 0 Å². The number of nitrogens with one attached hydrogen (secondary N) is 3. The van der Waals surface area contributed by atoms with Crippen molar-refractivity contribution in [2.75, 3.05) is 25.9 Å². The normalized spacial score (nSPS) is 21.7. The van der Waals surface area contributed by atoms with Crippen molar-refractivity contribution in [3.8, 4) is 0 Å². The number of amides is 1. The third-order valence-corrected chi connectivity index (χ3v) is 6.33. The highest BCUT2D eigenvalue weighted by atomic mass is 32.2. The molecule has 1 fully saturated rings. The molecule has 3 N–H and O–H groups in total. The molecule has 0 aromatic heterocycles. The van der Waals surface area contributed by atoms with Gasteiger partial charge < -0.3 is 16.0 Å². The van der Waals surface area contributed by atoms with Crippen LogP contribution in [0.2, 0.25) is 0 Å². The van der Waals surface area contributed by atoms with Crippen molar-refractivity contribution in [1.29, 1.82) is 0 Å². The summed E-state index contributed by atoms with van der Waals surface area (Å²) in [6, 6.07) is 9.48. The minimum Gasteiger partial charge on any atom is -0.355 e. The van der Waals surface area contributed by atoms with E-state index in [4.69, 9.17) is 0 Å². The van der Waals surface area contributed by atoms with Crippen LogP contribution in [-0.4, -0.2) is 53.3 Å². The van der Waals surface area contributed by atoms with Gasteiger partial charge in [-0.1, -0.05) is 31.5 Å². The van der Waals surface area contributed by atoms with Crippen molar-refractivity contribution in [1.82, 2.24) is 16.0 Å². The number of benzene rings is 1. The summed E-state index contributed by atoms with van der Waals surface area (Å²) < 4.78 is 12.1. The summed E-state index contributed by atoms with van der Waals surface area (Å²) in [4.78, 5) is 16.2. The van der Waals surface area contributed by atoms with Gasteiger partial charge in [-0.05, 0) is 31.4 Å². The summed E-state index contributed by atoms with van der Waals surface area (Å²) >= 11 is 0. The van der Waals surface area contributed by atoms with E-state index in [2.05, 4.69) is 20.9 Å². The standard InChI is InChI=1S/C19H30N4O2S/c1-3-26(25)17-11-7-10-16(14-17)23-19(20-2)22-13-12-21-18(24)15-8-5-4-6-9-15/h4-6,8-9,16-17H,3,7,10-14H2,1-2H3,(H,21,24)(H2,20,22,23). The van der Waals surface area contributed by atoms with E-state index in [-0.39, 0.29) is 11.2 Å². The molecule has 1 aliphatic rings. The summed E-state index contributed by atoms with van der Waals surface area (Å²) in [6.45, 7) is 3.09. The van der Waals surface area contributed by atoms with Crippen LogP contribution < -0.4 is 16.0 Å². The maximum absolute atomic E-state index is 12.1. The molecule has 1 saturated carbocycles. The Morgan fingerprint density at radius 3 is 2.62 bits per heavy atom. The van der Waals surface area contributed by atoms with Gasteiger partial charge in [0, 0.05) is 53.5 Å². The van der Waals surface area contributed by atoms with Crippen LogP contribution in [-0.2, 0) is 10.8 Å². The molecule has 6 nitrogen and oxygen atoms in total. The largest absolute Gasteiger partial charge is 0.355 e. The number of hydrogen-bond acceptors (Lipinski definition) is 3. The predicted octanol–water partition coefficient (Wildman–Crippen LogP) is 1.66. The molecule has 0 spiro atoms. The second kappa shape index (κ2) is 11.0. The van der Waals surface area contributed by atoms with Gasteiger partial charge in [0.05, 0.1) is 0 Å². The third kappa shape index (κ3) is 6.44. The maximum Gasteiger partial charge on any atom is 0.251 e. The molecule has 3 unspecified atom stereocenters. The lowest BCUT2D eigenvalue weighted by atomic mass is 9.95. The minimum atomic E-state index is -0.729. The predicted molar refractivity (Wildman–Crippen MR) is 108 cm³/mol. The monoisotopic (exact) mass is 378 g/mol. The first-order chi connectivity index (χ1) is 12.6. The second-order valence-electron chi connectivity index (χ2n) is 6.42. The van der Waals surface area contributed by atoms with E-state index in [9.17, 15) is 9.00 Å². The van der Waals surface area contributed by atoms with Gasteiger partial charge in [0.1, 0.15) is 0 Å². The van der Waals surface area contributed by atoms with Crippen molar-refractivity contribution in [2.24, 2.45) is 4.99 Å². The molecule has 0 radical (unpaired) electrons. The molecule has 0 bridgehead atoms. The van der Waals surface area contributed by atoms with Gasteiger partial charge in [0.25, 0.3) is 5.91 Å². The van der Waals surface area contributed by atoms with Gasteiger partial charge in [0.15, 0.2) is 5.96 Å². The van der Waals surface area contributed by atoms with E-state index in [1.165, 1.54) is 0 Å². The second-order valence-corrected chi connectivity index (χ2v) is 8.43. The average molecular weight is 379 g/mol. The molecule has 1 aromatic rings. The topological polar surface area (TPSA) is 82.6 Å². The van der Waals surface area contributed by atoms with Crippen molar-refractivity contribution in [3.63, 3.8) is 0 Å². The van der Waals surface area contributed by atoms with Crippen LogP contribution in [0, 0.1) is 0 Å². The van der Waals surface area contributed by atoms with Crippen LogP contribution in [0.15, 0.2) is 35.3 Å². The summed E-state index contributed by atoms with van der Waals surface area (Å²) in [5, 5.41) is 9.83. The van der Waals surface area contributed by atoms with Gasteiger partial charge in [-0.2, -0.15) is 0 Å². The average Bonchev–Trinajstić information content (AvgIpc) is 2.70. The summed E-state index contributed by atoms with van der Waals surface area (Å²) in [5.41, 5.74) is 0.659. The zero-order chi connectivity index (χ0) is 18.8. The van der Waals surface area contributed by atoms with E-state index in [1.807, 2.05) is 25.1 Å². The Morgan fingerprint density at radius 2 is 1.92 bits per heavy atom. The highest BCUT2D eigenvalue weighted by Gasteiger charge is 2.25. The quantitative estimate of drug-likeness (QED) is 0.383. The molecule has 1 aliphatic carbocycles. The molecule has 0 aliphatic heterocycles. The number of hydrogen-bond donors (Lipinski definition) is 3. The van der Waals surface area contributed by atoms with E-state index in [1.54, 1.807) is 19.2 Å². The summed E-state index contributed by atoms with van der Waals surface area (Å²) in [5.74, 6) is 1.38. The number of guanidine groups is 1. The lowest BCUT2D eigenvalue weighted by Gasteiger charge is -2.30. The molecule has 1 amide bonds. The first kappa shape index (κ1) is 20.4. The van der Waals surface area contributed by atoms with Crippen LogP contribution in [0.25, 0.3) is 0 Å². The molecule has 26 heavy (non-hydrogen) atoms. The van der Waals surface area contributed by atoms with Gasteiger partial charge in [-0.25, -0.2) is 0 Å². The Morgan fingerprint density at radius 1 is 1.19 bits per heavy atom. The van der Waals surface area contributed by atoms with Crippen LogP contribution in [0.1, 0.15) is 43.0 Å². The lowest BCUT2D eigenvalue weighted by molar-refractivity contribution is 0.0954. The van der Waals surface area contributed by atoms with E-state index in [0.717, 1.165) is 37.4 Å². The van der Waals surface area contributed by atoms with E-state index < -0.39 is 10.8 Å². The lowest BCUT2D eigenvalue weighted by Crippen LogP contribution is -2.48. The van der Waals surface area contributed by atoms with Gasteiger partial charge in [-0.15, -0.1) is 0 Å². The maximum atomic E-state index is 12.1. The highest BCUT2D eigenvalue weighted by Crippen LogP contribution is 2.22. The van der Waals surface area contributed by atoms with Crippen LogP contribution in [0.3, 0.4) is 0 Å². The highest BCUT2D eigenvalue weighted by molar-refractivity contribution is 7.85. The Hall–Kier alpha value is -1.89. The first-order valence-electron chi connectivity index (χ1n) is 9.31. The molecular weight excluding hydrogens is 348 g/mol. The first-order valence-corrected chi connectivity index (χ1v) is 10.7. The van der Waals surface area contributed by atoms with Gasteiger partial charge in [0.2, 0.25) is 0 Å². The molecule has 144 valence electrons. The number of carbonyl (C=O) groups excluding carboxylic acids is 1. The molecule has 3 atom stereocenters.